The van der Waals surface area contributed by atoms with E-state index in [9.17, 15) is 9.18 Å². The Morgan fingerprint density at radius 3 is 2.72 bits per heavy atom. The van der Waals surface area contributed by atoms with Crippen molar-refractivity contribution >= 4 is 29.1 Å². The zero-order chi connectivity index (χ0) is 17.8. The lowest BCUT2D eigenvalue weighted by Gasteiger charge is -2.33. The van der Waals surface area contributed by atoms with Gasteiger partial charge in [0, 0.05) is 19.1 Å². The number of amides is 1. The molecule has 1 unspecified atom stereocenters. The summed E-state index contributed by atoms with van der Waals surface area (Å²) in [7, 11) is 0. The van der Waals surface area contributed by atoms with E-state index in [1.54, 1.807) is 0 Å². The molecule has 1 atom stereocenters. The summed E-state index contributed by atoms with van der Waals surface area (Å²) in [6.45, 7) is 2.61. The van der Waals surface area contributed by atoms with Crippen molar-refractivity contribution in [1.29, 1.82) is 0 Å². The Morgan fingerprint density at radius 2 is 1.96 bits per heavy atom. The van der Waals surface area contributed by atoms with Gasteiger partial charge in [0.25, 0.3) is 5.91 Å². The van der Waals surface area contributed by atoms with Gasteiger partial charge in [-0.2, -0.15) is 0 Å². The molecule has 0 spiro atoms. The second kappa shape index (κ2) is 8.17. The van der Waals surface area contributed by atoms with Gasteiger partial charge in [-0.3, -0.25) is 9.69 Å². The molecular weight excluding hydrogens is 362 g/mol. The van der Waals surface area contributed by atoms with Gasteiger partial charge in [0.1, 0.15) is 5.82 Å². The van der Waals surface area contributed by atoms with Crippen LogP contribution in [0.4, 0.5) is 4.39 Å². The molecule has 0 aromatic heterocycles. The maximum absolute atomic E-state index is 13.6. The summed E-state index contributed by atoms with van der Waals surface area (Å²) in [6, 6.07) is 12.6. The van der Waals surface area contributed by atoms with Gasteiger partial charge in [-0.1, -0.05) is 53.5 Å². The first-order valence-corrected chi connectivity index (χ1v) is 9.00. The van der Waals surface area contributed by atoms with Crippen LogP contribution in [-0.4, -0.2) is 29.9 Å². The molecule has 0 bridgehead atoms. The molecule has 1 amide bonds. The second-order valence-electron chi connectivity index (χ2n) is 6.28. The van der Waals surface area contributed by atoms with Crippen molar-refractivity contribution in [2.24, 2.45) is 0 Å². The average molecular weight is 381 g/mol. The Bertz CT molecular complexity index is 755. The number of nitrogens with zero attached hydrogens (tertiary/aromatic N) is 1. The lowest BCUT2D eigenvalue weighted by molar-refractivity contribution is 0.0900. The first kappa shape index (κ1) is 18.2. The van der Waals surface area contributed by atoms with Gasteiger partial charge in [0.2, 0.25) is 0 Å². The summed E-state index contributed by atoms with van der Waals surface area (Å²) in [5.41, 5.74) is 1.36. The molecule has 1 N–H and O–H groups in total. The molecular formula is C19H19Cl2FN2O. The van der Waals surface area contributed by atoms with Gasteiger partial charge in [0.05, 0.1) is 15.6 Å². The normalized spacial score (nSPS) is 18.1. The lowest BCUT2D eigenvalue weighted by atomic mass is 10.0. The fourth-order valence-electron chi connectivity index (χ4n) is 3.12. The number of benzene rings is 2. The van der Waals surface area contributed by atoms with Gasteiger partial charge in [-0.05, 0) is 37.1 Å². The second-order valence-corrected chi connectivity index (χ2v) is 7.09. The third-order valence-electron chi connectivity index (χ3n) is 4.34. The van der Waals surface area contributed by atoms with Crippen LogP contribution >= 0.6 is 23.2 Å². The van der Waals surface area contributed by atoms with Crippen LogP contribution in [0.1, 0.15) is 28.8 Å². The smallest absolute Gasteiger partial charge is 0.253 e. The summed E-state index contributed by atoms with van der Waals surface area (Å²) < 4.78 is 13.6. The number of likely N-dealkylation sites (tertiary alicyclic amines) is 1. The highest BCUT2D eigenvalue weighted by molar-refractivity contribution is 6.36. The predicted octanol–water partition coefficient (Wildman–Crippen LogP) is 4.53. The van der Waals surface area contributed by atoms with E-state index in [0.717, 1.165) is 38.5 Å². The summed E-state index contributed by atoms with van der Waals surface area (Å²) in [4.78, 5) is 14.8. The number of carbonyl (C=O) groups is 1. The Balaban J connectivity index is 1.62. The van der Waals surface area contributed by atoms with Crippen LogP contribution in [0.15, 0.2) is 42.5 Å². The molecule has 3 nitrogen and oxygen atoms in total. The standard InChI is InChI=1S/C19H19Cl2FN2O/c20-16-10-17(21)18(22)9-15(16)19(25)23-14-7-4-8-24(12-14)11-13-5-2-1-3-6-13/h1-3,5-6,9-10,14H,4,7-8,11-12H2,(H,23,25). The van der Waals surface area contributed by atoms with E-state index in [2.05, 4.69) is 22.3 Å². The minimum atomic E-state index is -0.648. The Labute approximate surface area is 156 Å². The van der Waals surface area contributed by atoms with Gasteiger partial charge in [0.15, 0.2) is 0 Å². The lowest BCUT2D eigenvalue weighted by Crippen LogP contribution is -2.47. The summed E-state index contributed by atoms with van der Waals surface area (Å²) in [5.74, 6) is -1.02. The van der Waals surface area contributed by atoms with E-state index in [1.807, 2.05) is 18.2 Å². The number of hydrogen-bond acceptors (Lipinski definition) is 2. The highest BCUT2D eigenvalue weighted by atomic mass is 35.5. The van der Waals surface area contributed by atoms with Crippen LogP contribution in [0.3, 0.4) is 0 Å². The first-order valence-electron chi connectivity index (χ1n) is 8.24. The molecule has 0 aliphatic carbocycles. The van der Waals surface area contributed by atoms with Crippen molar-refractivity contribution in [3.05, 3.63) is 69.5 Å². The summed E-state index contributed by atoms with van der Waals surface area (Å²) >= 11 is 11.7. The summed E-state index contributed by atoms with van der Waals surface area (Å²) in [6.07, 6.45) is 1.89. The minimum absolute atomic E-state index is 0.0137. The van der Waals surface area contributed by atoms with Crippen molar-refractivity contribution in [2.45, 2.75) is 25.4 Å². The van der Waals surface area contributed by atoms with E-state index in [1.165, 1.54) is 11.6 Å². The fraction of sp³-hybridized carbons (Fsp3) is 0.316. The molecule has 2 aromatic carbocycles. The van der Waals surface area contributed by atoms with E-state index >= 15 is 0 Å². The molecule has 1 fully saturated rings. The molecule has 25 heavy (non-hydrogen) atoms. The Morgan fingerprint density at radius 1 is 1.20 bits per heavy atom. The number of rotatable bonds is 4. The largest absolute Gasteiger partial charge is 0.348 e. The maximum atomic E-state index is 13.6. The Hall–Kier alpha value is -1.62. The number of halogens is 3. The molecule has 1 saturated heterocycles. The molecule has 0 saturated carbocycles. The monoisotopic (exact) mass is 380 g/mol. The van der Waals surface area contributed by atoms with Crippen molar-refractivity contribution in [2.75, 3.05) is 13.1 Å². The van der Waals surface area contributed by atoms with Gasteiger partial charge >= 0.3 is 0 Å². The molecule has 3 rings (SSSR count). The average Bonchev–Trinajstić information content (AvgIpc) is 2.59. The molecule has 1 aliphatic heterocycles. The minimum Gasteiger partial charge on any atom is -0.348 e. The number of piperidine rings is 1. The molecule has 2 aromatic rings. The van der Waals surface area contributed by atoms with Gasteiger partial charge in [-0.15, -0.1) is 0 Å². The SMILES string of the molecule is O=C(NC1CCCN(Cc2ccccc2)C1)c1cc(F)c(Cl)cc1Cl. The van der Waals surface area contributed by atoms with Crippen LogP contribution in [0.2, 0.25) is 10.0 Å². The zero-order valence-corrected chi connectivity index (χ0v) is 15.2. The third-order valence-corrected chi connectivity index (χ3v) is 4.95. The van der Waals surface area contributed by atoms with Gasteiger partial charge in [-0.25, -0.2) is 4.39 Å². The number of nitrogens with one attached hydrogen (secondary N) is 1. The van der Waals surface area contributed by atoms with Crippen molar-refractivity contribution in [3.8, 4) is 0 Å². The van der Waals surface area contributed by atoms with Crippen LogP contribution in [0.25, 0.3) is 0 Å². The van der Waals surface area contributed by atoms with E-state index in [4.69, 9.17) is 23.2 Å². The first-order chi connectivity index (χ1) is 12.0. The van der Waals surface area contributed by atoms with Crippen molar-refractivity contribution < 1.29 is 9.18 Å². The van der Waals surface area contributed by atoms with Crippen LogP contribution in [0.5, 0.6) is 0 Å². The van der Waals surface area contributed by atoms with Gasteiger partial charge < -0.3 is 5.32 Å². The maximum Gasteiger partial charge on any atom is 0.253 e. The summed E-state index contributed by atoms with van der Waals surface area (Å²) in [5, 5.41) is 3.03. The molecule has 0 radical (unpaired) electrons. The highest BCUT2D eigenvalue weighted by Crippen LogP contribution is 2.24. The molecule has 132 valence electrons. The predicted molar refractivity (Wildman–Crippen MR) is 98.6 cm³/mol. The third kappa shape index (κ3) is 4.72. The fourth-order valence-corrected chi connectivity index (χ4v) is 3.59. The van der Waals surface area contributed by atoms with E-state index in [-0.39, 0.29) is 27.6 Å². The van der Waals surface area contributed by atoms with Crippen molar-refractivity contribution in [3.63, 3.8) is 0 Å². The van der Waals surface area contributed by atoms with Crippen LogP contribution < -0.4 is 5.32 Å². The molecule has 1 heterocycles. The van der Waals surface area contributed by atoms with E-state index < -0.39 is 5.82 Å². The zero-order valence-electron chi connectivity index (χ0n) is 13.6. The molecule has 6 heteroatoms. The topological polar surface area (TPSA) is 32.3 Å². The van der Waals surface area contributed by atoms with Crippen LogP contribution in [-0.2, 0) is 6.54 Å². The number of carbonyl (C=O) groups excluding carboxylic acids is 1. The van der Waals surface area contributed by atoms with E-state index in [0.29, 0.717) is 0 Å². The quantitative estimate of drug-likeness (QED) is 0.790. The Kier molecular flexibility index (Phi) is 5.94. The highest BCUT2D eigenvalue weighted by Gasteiger charge is 2.23. The molecule has 1 aliphatic rings. The number of hydrogen-bond donors (Lipinski definition) is 1. The van der Waals surface area contributed by atoms with Crippen LogP contribution in [0, 0.1) is 5.82 Å². The van der Waals surface area contributed by atoms with Crippen molar-refractivity contribution in [1.82, 2.24) is 10.2 Å².